The number of hydrogen-bond donors (Lipinski definition) is 1. The van der Waals surface area contributed by atoms with Gasteiger partial charge in [-0.25, -0.2) is 8.42 Å². The molecule has 0 bridgehead atoms. The van der Waals surface area contributed by atoms with Crippen molar-refractivity contribution in [1.82, 2.24) is 14.5 Å². The van der Waals surface area contributed by atoms with Crippen molar-refractivity contribution in [3.05, 3.63) is 29.3 Å². The number of hydrogen-bond acceptors (Lipinski definition) is 4. The van der Waals surface area contributed by atoms with Gasteiger partial charge in [0.25, 0.3) is 0 Å². The topological polar surface area (TPSA) is 69.7 Å². The van der Waals surface area contributed by atoms with Crippen molar-refractivity contribution in [2.24, 2.45) is 5.92 Å². The summed E-state index contributed by atoms with van der Waals surface area (Å²) in [4.78, 5) is 14.1. The zero-order valence-corrected chi connectivity index (χ0v) is 15.6. The minimum absolute atomic E-state index is 0.0160. The second kappa shape index (κ2) is 8.29. The van der Waals surface area contributed by atoms with Gasteiger partial charge in [-0.3, -0.25) is 9.69 Å². The summed E-state index contributed by atoms with van der Waals surface area (Å²) in [6.07, 6.45) is 0. The van der Waals surface area contributed by atoms with Crippen LogP contribution in [-0.4, -0.2) is 62.8 Å². The van der Waals surface area contributed by atoms with Gasteiger partial charge in [0.05, 0.1) is 11.4 Å². The van der Waals surface area contributed by atoms with Gasteiger partial charge < -0.3 is 5.32 Å². The van der Waals surface area contributed by atoms with Crippen molar-refractivity contribution in [3.63, 3.8) is 0 Å². The molecule has 1 fully saturated rings. The zero-order chi connectivity index (χ0) is 17.7. The highest BCUT2D eigenvalue weighted by atomic mass is 35.5. The van der Waals surface area contributed by atoms with Gasteiger partial charge in [-0.05, 0) is 30.2 Å². The van der Waals surface area contributed by atoms with Crippen molar-refractivity contribution in [1.29, 1.82) is 0 Å². The molecule has 0 atom stereocenters. The molecule has 24 heavy (non-hydrogen) atoms. The standard InChI is InChI=1S/C16H24ClN3O3S/c1-13(2)11-18-16(21)12-19-7-9-20(10-8-19)24(22,23)15-5-3-14(17)4-6-15/h3-6,13H,7-12H2,1-2H3,(H,18,21). The van der Waals surface area contributed by atoms with Crippen LogP contribution in [0.5, 0.6) is 0 Å². The van der Waals surface area contributed by atoms with Crippen molar-refractivity contribution in [2.75, 3.05) is 39.3 Å². The predicted molar refractivity (Wildman–Crippen MR) is 94.5 cm³/mol. The van der Waals surface area contributed by atoms with E-state index in [1.807, 2.05) is 18.7 Å². The number of carbonyl (C=O) groups excluding carboxylic acids is 1. The lowest BCUT2D eigenvalue weighted by Crippen LogP contribution is -2.51. The Morgan fingerprint density at radius 2 is 1.75 bits per heavy atom. The van der Waals surface area contributed by atoms with Crippen molar-refractivity contribution < 1.29 is 13.2 Å². The molecule has 0 saturated carbocycles. The first-order valence-electron chi connectivity index (χ1n) is 8.04. The predicted octanol–water partition coefficient (Wildman–Crippen LogP) is 1.42. The summed E-state index contributed by atoms with van der Waals surface area (Å²) >= 11 is 5.81. The molecule has 1 N–H and O–H groups in total. The number of halogens is 1. The van der Waals surface area contributed by atoms with Crippen LogP contribution in [0.4, 0.5) is 0 Å². The molecule has 0 radical (unpaired) electrons. The van der Waals surface area contributed by atoms with Crippen LogP contribution in [0.1, 0.15) is 13.8 Å². The first-order valence-corrected chi connectivity index (χ1v) is 9.85. The lowest BCUT2D eigenvalue weighted by molar-refractivity contribution is -0.122. The van der Waals surface area contributed by atoms with Gasteiger partial charge in [0, 0.05) is 37.7 Å². The summed E-state index contributed by atoms with van der Waals surface area (Å²) in [7, 11) is -3.50. The smallest absolute Gasteiger partial charge is 0.243 e. The van der Waals surface area contributed by atoms with Gasteiger partial charge in [-0.2, -0.15) is 4.31 Å². The molecule has 1 aliphatic rings. The van der Waals surface area contributed by atoms with Crippen LogP contribution in [0.3, 0.4) is 0 Å². The molecule has 0 aromatic heterocycles. The average molecular weight is 374 g/mol. The number of nitrogens with one attached hydrogen (secondary N) is 1. The Labute approximate surface area is 148 Å². The van der Waals surface area contributed by atoms with Gasteiger partial charge >= 0.3 is 0 Å². The Morgan fingerprint density at radius 3 is 2.29 bits per heavy atom. The molecule has 1 aliphatic heterocycles. The maximum Gasteiger partial charge on any atom is 0.243 e. The van der Waals surface area contributed by atoms with Crippen LogP contribution in [0, 0.1) is 5.92 Å². The van der Waals surface area contributed by atoms with Crippen LogP contribution >= 0.6 is 11.6 Å². The molecule has 0 unspecified atom stereocenters. The van der Waals surface area contributed by atoms with E-state index in [-0.39, 0.29) is 10.8 Å². The van der Waals surface area contributed by atoms with Gasteiger partial charge in [0.2, 0.25) is 15.9 Å². The van der Waals surface area contributed by atoms with E-state index in [1.54, 1.807) is 12.1 Å². The van der Waals surface area contributed by atoms with Gasteiger partial charge in [0.15, 0.2) is 0 Å². The third-order valence-corrected chi connectivity index (χ3v) is 6.02. The average Bonchev–Trinajstić information content (AvgIpc) is 2.54. The minimum atomic E-state index is -3.50. The Bertz CT molecular complexity index is 654. The first-order chi connectivity index (χ1) is 11.3. The van der Waals surface area contributed by atoms with Crippen LogP contribution in [0.25, 0.3) is 0 Å². The van der Waals surface area contributed by atoms with Crippen LogP contribution < -0.4 is 5.32 Å². The van der Waals surface area contributed by atoms with E-state index in [1.165, 1.54) is 16.4 Å². The van der Waals surface area contributed by atoms with Gasteiger partial charge in [-0.15, -0.1) is 0 Å². The van der Waals surface area contributed by atoms with E-state index in [4.69, 9.17) is 11.6 Å². The summed E-state index contributed by atoms with van der Waals surface area (Å²) in [6.45, 7) is 6.89. The number of nitrogens with zero attached hydrogens (tertiary/aromatic N) is 2. The number of rotatable bonds is 6. The van der Waals surface area contributed by atoms with E-state index in [2.05, 4.69) is 5.32 Å². The Hall–Kier alpha value is -1.15. The van der Waals surface area contributed by atoms with E-state index in [9.17, 15) is 13.2 Å². The fourth-order valence-electron chi connectivity index (χ4n) is 2.46. The van der Waals surface area contributed by atoms with Gasteiger partial charge in [-0.1, -0.05) is 25.4 Å². The van der Waals surface area contributed by atoms with Crippen molar-refractivity contribution in [2.45, 2.75) is 18.7 Å². The molecule has 134 valence electrons. The van der Waals surface area contributed by atoms with Gasteiger partial charge in [0.1, 0.15) is 0 Å². The Kier molecular flexibility index (Phi) is 6.62. The summed E-state index contributed by atoms with van der Waals surface area (Å²) in [5.74, 6) is 0.396. The SMILES string of the molecule is CC(C)CNC(=O)CN1CCN(S(=O)(=O)c2ccc(Cl)cc2)CC1. The maximum absolute atomic E-state index is 12.6. The second-order valence-corrected chi connectivity index (χ2v) is 8.71. The highest BCUT2D eigenvalue weighted by Gasteiger charge is 2.28. The fourth-order valence-corrected chi connectivity index (χ4v) is 4.01. The fraction of sp³-hybridized carbons (Fsp3) is 0.562. The number of amides is 1. The molecule has 1 aromatic rings. The van der Waals surface area contributed by atoms with E-state index < -0.39 is 10.0 Å². The van der Waals surface area contributed by atoms with Crippen molar-refractivity contribution >= 4 is 27.5 Å². The Morgan fingerprint density at radius 1 is 1.17 bits per heavy atom. The third kappa shape index (κ3) is 5.17. The number of sulfonamides is 1. The Balaban J connectivity index is 1.88. The van der Waals surface area contributed by atoms with E-state index in [0.29, 0.717) is 50.2 Å². The highest BCUT2D eigenvalue weighted by Crippen LogP contribution is 2.19. The van der Waals surface area contributed by atoms with E-state index >= 15 is 0 Å². The molecule has 1 amide bonds. The lowest BCUT2D eigenvalue weighted by atomic mass is 10.2. The maximum atomic E-state index is 12.6. The molecule has 6 nitrogen and oxygen atoms in total. The lowest BCUT2D eigenvalue weighted by Gasteiger charge is -2.33. The molecule has 0 spiro atoms. The highest BCUT2D eigenvalue weighted by molar-refractivity contribution is 7.89. The number of piperazine rings is 1. The monoisotopic (exact) mass is 373 g/mol. The molecule has 1 aromatic carbocycles. The minimum Gasteiger partial charge on any atom is -0.355 e. The molecular weight excluding hydrogens is 350 g/mol. The molecule has 1 saturated heterocycles. The molecule has 0 aliphatic carbocycles. The summed E-state index contributed by atoms with van der Waals surface area (Å²) < 4.78 is 26.6. The summed E-state index contributed by atoms with van der Waals surface area (Å²) in [5.41, 5.74) is 0. The molecular formula is C16H24ClN3O3S. The number of carbonyl (C=O) groups is 1. The normalized spacial score (nSPS) is 17.2. The van der Waals surface area contributed by atoms with Crippen LogP contribution in [0.15, 0.2) is 29.2 Å². The van der Waals surface area contributed by atoms with E-state index in [0.717, 1.165) is 0 Å². The largest absolute Gasteiger partial charge is 0.355 e. The molecule has 2 rings (SSSR count). The summed E-state index contributed by atoms with van der Waals surface area (Å²) in [5, 5.41) is 3.38. The van der Waals surface area contributed by atoms with Crippen molar-refractivity contribution in [3.8, 4) is 0 Å². The van der Waals surface area contributed by atoms with Crippen LogP contribution in [0.2, 0.25) is 5.02 Å². The molecule has 8 heteroatoms. The second-order valence-electron chi connectivity index (χ2n) is 6.33. The first kappa shape index (κ1) is 19.2. The summed E-state index contributed by atoms with van der Waals surface area (Å²) in [6, 6.07) is 6.18. The van der Waals surface area contributed by atoms with Crippen LogP contribution in [-0.2, 0) is 14.8 Å². The zero-order valence-electron chi connectivity index (χ0n) is 14.0. The third-order valence-electron chi connectivity index (χ3n) is 3.86. The number of benzene rings is 1. The quantitative estimate of drug-likeness (QED) is 0.818. The molecule has 1 heterocycles.